The Bertz CT molecular complexity index is 647. The number of carbonyl (C=O) groups is 2. The van der Waals surface area contributed by atoms with Crippen molar-refractivity contribution in [3.63, 3.8) is 0 Å². The Morgan fingerprint density at radius 3 is 2.75 bits per heavy atom. The topological polar surface area (TPSA) is 81.2 Å². The number of anilines is 1. The molecule has 0 unspecified atom stereocenters. The van der Waals surface area contributed by atoms with Crippen molar-refractivity contribution in [1.82, 2.24) is 10.2 Å². The minimum absolute atomic E-state index is 0.145. The second-order valence-corrected chi connectivity index (χ2v) is 4.16. The fourth-order valence-corrected chi connectivity index (χ4v) is 1.64. The summed E-state index contributed by atoms with van der Waals surface area (Å²) in [4.78, 5) is 23.4. The first kappa shape index (κ1) is 14.0. The van der Waals surface area contributed by atoms with Gasteiger partial charge in [0.15, 0.2) is 5.69 Å². The maximum Gasteiger partial charge on any atom is 0.337 e. The van der Waals surface area contributed by atoms with Crippen LogP contribution in [0.2, 0.25) is 5.02 Å². The number of hydrogen-bond acceptors (Lipinski definition) is 5. The fraction of sp³-hybridized carbons (Fsp3) is 0.0769. The third-order valence-corrected chi connectivity index (χ3v) is 2.77. The SMILES string of the molecule is COC(=O)c1ccc(Cl)c(NC(=O)c2cccnn2)c1. The van der Waals surface area contributed by atoms with Crippen LogP contribution in [0, 0.1) is 0 Å². The molecule has 0 bridgehead atoms. The molecule has 0 aliphatic carbocycles. The number of halogens is 1. The standard InChI is InChI=1S/C13H10ClN3O3/c1-20-13(19)8-4-5-9(14)11(7-8)16-12(18)10-3-2-6-15-17-10/h2-7H,1H3,(H,16,18). The Morgan fingerprint density at radius 2 is 2.10 bits per heavy atom. The van der Waals surface area contributed by atoms with Gasteiger partial charge in [-0.1, -0.05) is 11.6 Å². The summed E-state index contributed by atoms with van der Waals surface area (Å²) in [6.07, 6.45) is 1.46. The molecule has 0 atom stereocenters. The molecule has 2 aromatic rings. The Morgan fingerprint density at radius 1 is 1.30 bits per heavy atom. The zero-order valence-corrected chi connectivity index (χ0v) is 11.2. The molecular formula is C13H10ClN3O3. The van der Waals surface area contributed by atoms with Gasteiger partial charge in [-0.2, -0.15) is 5.10 Å². The van der Waals surface area contributed by atoms with E-state index in [1.54, 1.807) is 6.07 Å². The largest absolute Gasteiger partial charge is 0.465 e. The van der Waals surface area contributed by atoms with Crippen LogP contribution < -0.4 is 5.32 Å². The molecule has 0 radical (unpaired) electrons. The maximum atomic E-state index is 11.9. The van der Waals surface area contributed by atoms with E-state index in [0.29, 0.717) is 10.7 Å². The molecule has 102 valence electrons. The van der Waals surface area contributed by atoms with Gasteiger partial charge in [0.2, 0.25) is 0 Å². The minimum Gasteiger partial charge on any atom is -0.465 e. The predicted molar refractivity (Wildman–Crippen MR) is 72.8 cm³/mol. The summed E-state index contributed by atoms with van der Waals surface area (Å²) < 4.78 is 4.60. The van der Waals surface area contributed by atoms with E-state index >= 15 is 0 Å². The zero-order valence-electron chi connectivity index (χ0n) is 10.5. The smallest absolute Gasteiger partial charge is 0.337 e. The van der Waals surface area contributed by atoms with Crippen LogP contribution in [0.15, 0.2) is 36.5 Å². The van der Waals surface area contributed by atoms with Crippen molar-refractivity contribution in [2.45, 2.75) is 0 Å². The van der Waals surface area contributed by atoms with Gasteiger partial charge < -0.3 is 10.1 Å². The lowest BCUT2D eigenvalue weighted by Gasteiger charge is -2.08. The first-order valence-electron chi connectivity index (χ1n) is 5.58. The highest BCUT2D eigenvalue weighted by molar-refractivity contribution is 6.34. The first-order chi connectivity index (χ1) is 9.61. The van der Waals surface area contributed by atoms with Crippen LogP contribution in [-0.2, 0) is 4.74 Å². The Hall–Kier alpha value is -2.47. The van der Waals surface area contributed by atoms with Crippen molar-refractivity contribution in [2.75, 3.05) is 12.4 Å². The van der Waals surface area contributed by atoms with Crippen molar-refractivity contribution in [1.29, 1.82) is 0 Å². The lowest BCUT2D eigenvalue weighted by atomic mass is 10.2. The molecule has 0 fully saturated rings. The zero-order chi connectivity index (χ0) is 14.5. The van der Waals surface area contributed by atoms with Crippen molar-refractivity contribution >= 4 is 29.2 Å². The first-order valence-corrected chi connectivity index (χ1v) is 5.96. The molecule has 0 spiro atoms. The molecule has 0 saturated heterocycles. The molecule has 0 aliphatic rings. The number of carbonyl (C=O) groups excluding carboxylic acids is 2. The molecule has 7 heteroatoms. The average molecular weight is 292 g/mol. The summed E-state index contributed by atoms with van der Waals surface area (Å²) in [6, 6.07) is 7.55. The molecule has 1 aromatic carbocycles. The molecule has 1 amide bonds. The van der Waals surface area contributed by atoms with E-state index in [-0.39, 0.29) is 11.3 Å². The predicted octanol–water partition coefficient (Wildman–Crippen LogP) is 2.17. The number of aromatic nitrogens is 2. The Labute approximate surface area is 119 Å². The second kappa shape index (κ2) is 6.12. The molecule has 1 aromatic heterocycles. The van der Waals surface area contributed by atoms with Crippen LogP contribution in [-0.4, -0.2) is 29.2 Å². The number of methoxy groups -OCH3 is 1. The number of hydrogen-bond donors (Lipinski definition) is 1. The molecule has 1 N–H and O–H groups in total. The number of nitrogens with one attached hydrogen (secondary N) is 1. The van der Waals surface area contributed by atoms with Gasteiger partial charge in [0.25, 0.3) is 5.91 Å². The number of amides is 1. The van der Waals surface area contributed by atoms with Crippen LogP contribution in [0.25, 0.3) is 0 Å². The van der Waals surface area contributed by atoms with Crippen LogP contribution >= 0.6 is 11.6 Å². The van der Waals surface area contributed by atoms with E-state index in [0.717, 1.165) is 0 Å². The number of rotatable bonds is 3. The van der Waals surface area contributed by atoms with Crippen molar-refractivity contribution in [3.8, 4) is 0 Å². The Balaban J connectivity index is 2.25. The molecule has 2 rings (SSSR count). The van der Waals surface area contributed by atoms with E-state index in [9.17, 15) is 9.59 Å². The highest BCUT2D eigenvalue weighted by Gasteiger charge is 2.13. The van der Waals surface area contributed by atoms with E-state index in [4.69, 9.17) is 11.6 Å². The maximum absolute atomic E-state index is 11.9. The quantitative estimate of drug-likeness (QED) is 0.877. The lowest BCUT2D eigenvalue weighted by Crippen LogP contribution is -2.15. The van der Waals surface area contributed by atoms with Gasteiger partial charge in [-0.05, 0) is 30.3 Å². The lowest BCUT2D eigenvalue weighted by molar-refractivity contribution is 0.0600. The summed E-state index contributed by atoms with van der Waals surface area (Å²) in [5.74, 6) is -0.987. The number of esters is 1. The van der Waals surface area contributed by atoms with Crippen molar-refractivity contribution in [2.24, 2.45) is 0 Å². The average Bonchev–Trinajstić information content (AvgIpc) is 2.49. The van der Waals surface area contributed by atoms with E-state index < -0.39 is 11.9 Å². The second-order valence-electron chi connectivity index (χ2n) is 3.75. The van der Waals surface area contributed by atoms with Gasteiger partial charge in [-0.3, -0.25) is 4.79 Å². The van der Waals surface area contributed by atoms with Gasteiger partial charge in [-0.15, -0.1) is 5.10 Å². The van der Waals surface area contributed by atoms with E-state index in [2.05, 4.69) is 20.3 Å². The molecule has 1 heterocycles. The normalized spacial score (nSPS) is 9.90. The Kier molecular flexibility index (Phi) is 4.27. The minimum atomic E-state index is -0.517. The van der Waals surface area contributed by atoms with E-state index in [1.165, 1.54) is 37.6 Å². The van der Waals surface area contributed by atoms with Gasteiger partial charge in [0, 0.05) is 6.20 Å². The highest BCUT2D eigenvalue weighted by Crippen LogP contribution is 2.23. The molecule has 0 saturated carbocycles. The highest BCUT2D eigenvalue weighted by atomic mass is 35.5. The molecule has 6 nitrogen and oxygen atoms in total. The third kappa shape index (κ3) is 3.10. The van der Waals surface area contributed by atoms with Gasteiger partial charge in [0.1, 0.15) is 0 Å². The number of nitrogens with zero attached hydrogens (tertiary/aromatic N) is 2. The summed E-state index contributed by atoms with van der Waals surface area (Å²) in [7, 11) is 1.27. The summed E-state index contributed by atoms with van der Waals surface area (Å²) in [5.41, 5.74) is 0.726. The molecular weight excluding hydrogens is 282 g/mol. The number of ether oxygens (including phenoxy) is 1. The number of benzene rings is 1. The van der Waals surface area contributed by atoms with Crippen LogP contribution in [0.5, 0.6) is 0 Å². The summed E-state index contributed by atoms with van der Waals surface area (Å²) in [5, 5.41) is 10.2. The summed E-state index contributed by atoms with van der Waals surface area (Å²) >= 11 is 5.97. The van der Waals surface area contributed by atoms with Gasteiger partial charge >= 0.3 is 5.97 Å². The van der Waals surface area contributed by atoms with E-state index in [1.807, 2.05) is 0 Å². The van der Waals surface area contributed by atoms with Crippen LogP contribution in [0.4, 0.5) is 5.69 Å². The van der Waals surface area contributed by atoms with Gasteiger partial charge in [0.05, 0.1) is 23.4 Å². The van der Waals surface area contributed by atoms with Crippen molar-refractivity contribution in [3.05, 3.63) is 52.8 Å². The van der Waals surface area contributed by atoms with Crippen LogP contribution in [0.3, 0.4) is 0 Å². The van der Waals surface area contributed by atoms with Crippen molar-refractivity contribution < 1.29 is 14.3 Å². The van der Waals surface area contributed by atoms with Crippen LogP contribution in [0.1, 0.15) is 20.8 Å². The van der Waals surface area contributed by atoms with Gasteiger partial charge in [-0.25, -0.2) is 4.79 Å². The third-order valence-electron chi connectivity index (χ3n) is 2.44. The summed E-state index contributed by atoms with van der Waals surface area (Å²) in [6.45, 7) is 0. The molecule has 20 heavy (non-hydrogen) atoms. The monoisotopic (exact) mass is 291 g/mol. The fourth-order valence-electron chi connectivity index (χ4n) is 1.47. The molecule has 0 aliphatic heterocycles.